The monoisotopic (exact) mass is 534 g/mol. The first kappa shape index (κ1) is 28.6. The molecule has 0 radical (unpaired) electrons. The molecule has 0 bridgehead atoms. The average molecular weight is 535 g/mol. The molecule has 0 aliphatic carbocycles. The number of carbonyl (C=O) groups excluding carboxylic acids is 2. The summed E-state index contributed by atoms with van der Waals surface area (Å²) in [4.78, 5) is 26.7. The maximum atomic E-state index is 13.1. The number of hydrogen-bond acceptors (Lipinski definition) is 4. The smallest absolute Gasteiger partial charge is 0.256 e. The molecule has 6 nitrogen and oxygen atoms in total. The lowest BCUT2D eigenvalue weighted by molar-refractivity contribution is -0.106. The second-order valence-electron chi connectivity index (χ2n) is 10.0. The second-order valence-corrected chi connectivity index (χ2v) is 10.0. The number of hydrogen-bond donors (Lipinski definition) is 2. The van der Waals surface area contributed by atoms with Crippen molar-refractivity contribution in [2.45, 2.75) is 31.8 Å². The van der Waals surface area contributed by atoms with Crippen LogP contribution in [0.15, 0.2) is 109 Å². The first-order valence-electron chi connectivity index (χ1n) is 13.7. The van der Waals surface area contributed by atoms with Gasteiger partial charge in [-0.05, 0) is 73.8 Å². The third-order valence-electron chi connectivity index (χ3n) is 7.68. The number of carbonyl (C=O) groups is 2. The summed E-state index contributed by atoms with van der Waals surface area (Å²) in [6, 6.07) is 37.8. The van der Waals surface area contributed by atoms with Gasteiger partial charge in [0.05, 0.1) is 0 Å². The number of piperidine rings is 1. The van der Waals surface area contributed by atoms with Gasteiger partial charge >= 0.3 is 0 Å². The van der Waals surface area contributed by atoms with E-state index in [1.807, 2.05) is 66.7 Å². The minimum Gasteiger partial charge on any atom is -0.372 e. The number of primary amides is 1. The number of rotatable bonds is 7. The standard InChI is InChI=1S/C33H35N3O.CH3NO/c1-25(26-11-5-3-6-12-26)35(2)29-21-23-36(24-22-29)30-19-17-28(18-20-30)34-33(37)32-16-10-9-15-31(32)27-13-7-4-8-14-27;2-1-3/h3-20,25,29H,21-24H2,1-2H3,(H,34,37);1H,(H2,2,3). The molecule has 0 saturated carbocycles. The topological polar surface area (TPSA) is 78.7 Å². The van der Waals surface area contributed by atoms with Crippen molar-refractivity contribution in [1.82, 2.24) is 4.90 Å². The Morgan fingerprint density at radius 1 is 0.875 bits per heavy atom. The minimum atomic E-state index is -0.0939. The Morgan fingerprint density at radius 2 is 1.43 bits per heavy atom. The molecule has 6 heteroatoms. The predicted octanol–water partition coefficient (Wildman–Crippen LogP) is 6.37. The van der Waals surface area contributed by atoms with Crippen LogP contribution in [0.1, 0.15) is 41.7 Å². The summed E-state index contributed by atoms with van der Waals surface area (Å²) in [5, 5.41) is 3.08. The van der Waals surface area contributed by atoms with Crippen molar-refractivity contribution < 1.29 is 9.59 Å². The van der Waals surface area contributed by atoms with Gasteiger partial charge in [-0.1, -0.05) is 78.9 Å². The fourth-order valence-electron chi connectivity index (χ4n) is 5.32. The van der Waals surface area contributed by atoms with Crippen LogP contribution in [-0.2, 0) is 4.79 Å². The second kappa shape index (κ2) is 14.1. The fraction of sp³-hybridized carbons (Fsp3) is 0.235. The molecule has 4 aromatic rings. The molecule has 4 aromatic carbocycles. The van der Waals surface area contributed by atoms with Gasteiger partial charge in [-0.15, -0.1) is 0 Å². The quantitative estimate of drug-likeness (QED) is 0.270. The highest BCUT2D eigenvalue weighted by Crippen LogP contribution is 2.29. The molecular weight excluding hydrogens is 496 g/mol. The van der Waals surface area contributed by atoms with Crippen molar-refractivity contribution in [3.8, 4) is 11.1 Å². The first-order chi connectivity index (χ1) is 19.5. The molecule has 3 N–H and O–H groups in total. The predicted molar refractivity (Wildman–Crippen MR) is 164 cm³/mol. The molecule has 1 fully saturated rings. The largest absolute Gasteiger partial charge is 0.372 e. The highest BCUT2D eigenvalue weighted by atomic mass is 16.1. The number of nitrogens with one attached hydrogen (secondary N) is 1. The third-order valence-corrected chi connectivity index (χ3v) is 7.68. The number of nitrogens with two attached hydrogens (primary N) is 1. The van der Waals surface area contributed by atoms with Crippen molar-refractivity contribution in [2.24, 2.45) is 5.73 Å². The molecule has 1 aliphatic rings. The van der Waals surface area contributed by atoms with E-state index < -0.39 is 0 Å². The zero-order chi connectivity index (χ0) is 28.3. The van der Waals surface area contributed by atoms with Crippen LogP contribution in [-0.4, -0.2) is 43.4 Å². The van der Waals surface area contributed by atoms with Crippen LogP contribution in [0.3, 0.4) is 0 Å². The lowest BCUT2D eigenvalue weighted by atomic mass is 9.99. The maximum absolute atomic E-state index is 13.1. The van der Waals surface area contributed by atoms with Gasteiger partial charge in [-0.3, -0.25) is 14.5 Å². The number of amides is 2. The van der Waals surface area contributed by atoms with E-state index >= 15 is 0 Å². The van der Waals surface area contributed by atoms with Gasteiger partial charge in [0.2, 0.25) is 6.41 Å². The zero-order valence-electron chi connectivity index (χ0n) is 23.2. The van der Waals surface area contributed by atoms with Crippen LogP contribution in [0, 0.1) is 0 Å². The zero-order valence-corrected chi connectivity index (χ0v) is 23.2. The molecule has 0 aromatic heterocycles. The molecule has 1 unspecified atom stereocenters. The normalized spacial score (nSPS) is 14.1. The van der Waals surface area contributed by atoms with Crippen molar-refractivity contribution in [2.75, 3.05) is 30.4 Å². The molecule has 1 atom stereocenters. The van der Waals surface area contributed by atoms with E-state index in [2.05, 4.69) is 77.3 Å². The highest BCUT2D eigenvalue weighted by molar-refractivity contribution is 6.08. The fourth-order valence-corrected chi connectivity index (χ4v) is 5.32. The van der Waals surface area contributed by atoms with E-state index in [4.69, 9.17) is 4.79 Å². The first-order valence-corrected chi connectivity index (χ1v) is 13.7. The SMILES string of the molecule is CC(c1ccccc1)N(C)C1CCN(c2ccc(NC(=O)c3ccccc3-c3ccccc3)cc2)CC1.NC=O. The molecule has 40 heavy (non-hydrogen) atoms. The Bertz CT molecular complexity index is 1350. The number of benzene rings is 4. The number of anilines is 2. The van der Waals surface area contributed by atoms with Crippen molar-refractivity contribution in [1.29, 1.82) is 0 Å². The molecule has 1 aliphatic heterocycles. The lowest BCUT2D eigenvalue weighted by Gasteiger charge is -2.40. The minimum absolute atomic E-state index is 0.0939. The van der Waals surface area contributed by atoms with E-state index in [-0.39, 0.29) is 12.3 Å². The Labute approximate surface area is 237 Å². The summed E-state index contributed by atoms with van der Waals surface area (Å²) >= 11 is 0. The molecule has 0 spiro atoms. The van der Waals surface area contributed by atoms with Crippen molar-refractivity contribution in [3.63, 3.8) is 0 Å². The molecule has 2 amide bonds. The Balaban J connectivity index is 0.00000118. The molecule has 5 rings (SSSR count). The Hall–Kier alpha value is -4.42. The van der Waals surface area contributed by atoms with E-state index in [0.29, 0.717) is 17.6 Å². The third kappa shape index (κ3) is 7.16. The van der Waals surface area contributed by atoms with E-state index in [0.717, 1.165) is 42.7 Å². The van der Waals surface area contributed by atoms with E-state index in [1.54, 1.807) is 0 Å². The summed E-state index contributed by atoms with van der Waals surface area (Å²) in [6.07, 6.45) is 2.53. The van der Waals surface area contributed by atoms with Crippen LogP contribution in [0.4, 0.5) is 11.4 Å². The van der Waals surface area contributed by atoms with Crippen LogP contribution >= 0.6 is 0 Å². The van der Waals surface area contributed by atoms with Crippen molar-refractivity contribution in [3.05, 3.63) is 120 Å². The summed E-state index contributed by atoms with van der Waals surface area (Å²) in [5.41, 5.74) is 10.2. The van der Waals surface area contributed by atoms with E-state index in [1.165, 1.54) is 11.3 Å². The molecule has 1 heterocycles. The van der Waals surface area contributed by atoms with Gasteiger partial charge < -0.3 is 16.0 Å². The number of nitrogens with zero attached hydrogens (tertiary/aromatic N) is 2. The van der Waals surface area contributed by atoms with Crippen LogP contribution in [0.2, 0.25) is 0 Å². The van der Waals surface area contributed by atoms with Crippen LogP contribution < -0.4 is 16.0 Å². The summed E-state index contributed by atoms with van der Waals surface area (Å²) in [7, 11) is 2.26. The lowest BCUT2D eigenvalue weighted by Crippen LogP contribution is -2.44. The van der Waals surface area contributed by atoms with Gasteiger partial charge in [-0.2, -0.15) is 0 Å². The molecular formula is C34H38N4O2. The van der Waals surface area contributed by atoms with Crippen molar-refractivity contribution >= 4 is 23.7 Å². The summed E-state index contributed by atoms with van der Waals surface area (Å²) in [5.74, 6) is -0.0939. The Kier molecular flexibility index (Phi) is 10.1. The average Bonchev–Trinajstić information content (AvgIpc) is 3.02. The van der Waals surface area contributed by atoms with E-state index in [9.17, 15) is 4.79 Å². The molecule has 1 saturated heterocycles. The van der Waals surface area contributed by atoms with Crippen LogP contribution in [0.5, 0.6) is 0 Å². The van der Waals surface area contributed by atoms with Gasteiger partial charge in [0.25, 0.3) is 5.91 Å². The maximum Gasteiger partial charge on any atom is 0.256 e. The van der Waals surface area contributed by atoms with Gasteiger partial charge in [0.15, 0.2) is 0 Å². The molecule has 206 valence electrons. The Morgan fingerprint density at radius 3 is 2.05 bits per heavy atom. The van der Waals surface area contributed by atoms with Gasteiger partial charge in [0.1, 0.15) is 0 Å². The van der Waals surface area contributed by atoms with Gasteiger partial charge in [0, 0.05) is 42.1 Å². The summed E-state index contributed by atoms with van der Waals surface area (Å²) in [6.45, 7) is 4.37. The highest BCUT2D eigenvalue weighted by Gasteiger charge is 2.26. The van der Waals surface area contributed by atoms with Gasteiger partial charge in [-0.25, -0.2) is 0 Å². The van der Waals surface area contributed by atoms with Crippen LogP contribution in [0.25, 0.3) is 11.1 Å². The summed E-state index contributed by atoms with van der Waals surface area (Å²) < 4.78 is 0.